The Morgan fingerprint density at radius 2 is 2.24 bits per heavy atom. The van der Waals surface area contributed by atoms with Crippen LogP contribution in [0.25, 0.3) is 10.9 Å². The van der Waals surface area contributed by atoms with Crippen LogP contribution in [0.3, 0.4) is 0 Å². The average molecular weight is 253 g/mol. The van der Waals surface area contributed by atoms with Crippen molar-refractivity contribution in [1.82, 2.24) is 4.98 Å². The summed E-state index contributed by atoms with van der Waals surface area (Å²) in [4.78, 5) is 4.46. The van der Waals surface area contributed by atoms with Crippen molar-refractivity contribution in [3.63, 3.8) is 0 Å². The van der Waals surface area contributed by atoms with Gasteiger partial charge in [0.1, 0.15) is 5.82 Å². The number of fused-ring (bicyclic) bond motifs is 2. The molecule has 0 atom stereocenters. The molecule has 3 nitrogen and oxygen atoms in total. The van der Waals surface area contributed by atoms with Crippen LogP contribution in [0.5, 0.6) is 0 Å². The fourth-order valence-corrected chi connectivity index (χ4v) is 2.36. The van der Waals surface area contributed by atoms with E-state index in [0.29, 0.717) is 41.2 Å². The Morgan fingerprint density at radius 3 is 3.06 bits per heavy atom. The van der Waals surface area contributed by atoms with Crippen molar-refractivity contribution in [2.75, 3.05) is 12.3 Å². The number of halogens is 2. The van der Waals surface area contributed by atoms with Crippen LogP contribution in [0.4, 0.5) is 10.1 Å². The van der Waals surface area contributed by atoms with Crippen molar-refractivity contribution in [1.29, 1.82) is 0 Å². The number of ether oxygens (including phenoxy) is 1. The second-order valence-electron chi connectivity index (χ2n) is 4.04. The van der Waals surface area contributed by atoms with Crippen molar-refractivity contribution in [2.24, 2.45) is 0 Å². The predicted molar refractivity (Wildman–Crippen MR) is 64.5 cm³/mol. The van der Waals surface area contributed by atoms with Crippen LogP contribution in [0.2, 0.25) is 5.02 Å². The summed E-state index contributed by atoms with van der Waals surface area (Å²) >= 11 is 5.99. The molecule has 1 aromatic heterocycles. The number of pyridine rings is 1. The normalized spacial score (nSPS) is 14.9. The molecular formula is C12H10ClFN2O. The second kappa shape index (κ2) is 3.82. The lowest BCUT2D eigenvalue weighted by Crippen LogP contribution is -2.14. The number of aromatic nitrogens is 1. The van der Waals surface area contributed by atoms with Gasteiger partial charge in [-0.2, -0.15) is 0 Å². The van der Waals surface area contributed by atoms with E-state index in [9.17, 15) is 4.39 Å². The first-order valence-corrected chi connectivity index (χ1v) is 5.68. The van der Waals surface area contributed by atoms with Gasteiger partial charge in [0.2, 0.25) is 0 Å². The number of benzene rings is 1. The van der Waals surface area contributed by atoms with E-state index in [4.69, 9.17) is 22.1 Å². The highest BCUT2D eigenvalue weighted by molar-refractivity contribution is 6.35. The Kier molecular flexibility index (Phi) is 2.42. The van der Waals surface area contributed by atoms with E-state index in [0.717, 1.165) is 11.3 Å². The van der Waals surface area contributed by atoms with Crippen LogP contribution in [0.15, 0.2) is 12.1 Å². The molecule has 0 saturated carbocycles. The Bertz CT molecular complexity index is 615. The SMILES string of the molecule is Nc1c2c(nc3c(Cl)cc(F)cc13)CCOC2. The lowest BCUT2D eigenvalue weighted by atomic mass is 10.0. The maximum Gasteiger partial charge on any atom is 0.125 e. The minimum atomic E-state index is -0.410. The summed E-state index contributed by atoms with van der Waals surface area (Å²) in [7, 11) is 0. The Hall–Kier alpha value is -1.39. The molecule has 3 rings (SSSR count). The molecule has 0 spiro atoms. The molecular weight excluding hydrogens is 243 g/mol. The fourth-order valence-electron chi connectivity index (χ4n) is 2.12. The molecule has 2 aromatic rings. The van der Waals surface area contributed by atoms with E-state index in [-0.39, 0.29) is 0 Å². The van der Waals surface area contributed by atoms with Gasteiger partial charge in [0.25, 0.3) is 0 Å². The molecule has 0 unspecified atom stereocenters. The van der Waals surface area contributed by atoms with E-state index in [1.165, 1.54) is 12.1 Å². The van der Waals surface area contributed by atoms with Crippen LogP contribution < -0.4 is 5.73 Å². The van der Waals surface area contributed by atoms with Crippen LogP contribution in [0, 0.1) is 5.82 Å². The van der Waals surface area contributed by atoms with Gasteiger partial charge in [-0.1, -0.05) is 11.6 Å². The van der Waals surface area contributed by atoms with Gasteiger partial charge in [0.15, 0.2) is 0 Å². The molecule has 17 heavy (non-hydrogen) atoms. The van der Waals surface area contributed by atoms with Crippen LogP contribution >= 0.6 is 11.6 Å². The zero-order valence-electron chi connectivity index (χ0n) is 8.96. The summed E-state index contributed by atoms with van der Waals surface area (Å²) in [5, 5.41) is 0.847. The van der Waals surface area contributed by atoms with Crippen LogP contribution in [-0.2, 0) is 17.8 Å². The standard InChI is InChI=1S/C12H10ClFN2O/c13-9-4-6(14)3-7-11(15)8-5-17-2-1-10(8)16-12(7)9/h3-4H,1-2,5H2,(H2,15,16). The molecule has 0 saturated heterocycles. The summed E-state index contributed by atoms with van der Waals surface area (Å²) in [5.41, 5.74) is 8.86. The molecule has 0 bridgehead atoms. The van der Waals surface area contributed by atoms with Crippen molar-refractivity contribution in [2.45, 2.75) is 13.0 Å². The first-order valence-electron chi connectivity index (χ1n) is 5.30. The molecule has 1 aromatic carbocycles. The zero-order valence-corrected chi connectivity index (χ0v) is 9.72. The number of hydrogen-bond donors (Lipinski definition) is 1. The quantitative estimate of drug-likeness (QED) is 0.784. The number of nitrogen functional groups attached to an aromatic ring is 1. The largest absolute Gasteiger partial charge is 0.398 e. The van der Waals surface area contributed by atoms with Gasteiger partial charge in [0.05, 0.1) is 29.4 Å². The summed E-state index contributed by atoms with van der Waals surface area (Å²) in [6.45, 7) is 1.06. The number of anilines is 1. The summed E-state index contributed by atoms with van der Waals surface area (Å²) in [6.07, 6.45) is 0.711. The highest BCUT2D eigenvalue weighted by atomic mass is 35.5. The third-order valence-electron chi connectivity index (χ3n) is 2.97. The molecule has 0 amide bonds. The summed E-state index contributed by atoms with van der Waals surface area (Å²) in [5.74, 6) is -0.410. The maximum absolute atomic E-state index is 13.3. The highest BCUT2D eigenvalue weighted by Gasteiger charge is 2.18. The molecule has 1 aliphatic heterocycles. The van der Waals surface area contributed by atoms with Crippen molar-refractivity contribution < 1.29 is 9.13 Å². The Morgan fingerprint density at radius 1 is 1.41 bits per heavy atom. The fraction of sp³-hybridized carbons (Fsp3) is 0.250. The van der Waals surface area contributed by atoms with Crippen LogP contribution in [0.1, 0.15) is 11.3 Å². The van der Waals surface area contributed by atoms with E-state index in [2.05, 4.69) is 4.98 Å². The first kappa shape index (κ1) is 10.7. The van der Waals surface area contributed by atoms with Gasteiger partial charge in [0, 0.05) is 23.1 Å². The van der Waals surface area contributed by atoms with Gasteiger partial charge in [-0.15, -0.1) is 0 Å². The minimum Gasteiger partial charge on any atom is -0.398 e. The van der Waals surface area contributed by atoms with Gasteiger partial charge in [-0.25, -0.2) is 4.39 Å². The summed E-state index contributed by atoms with van der Waals surface area (Å²) in [6, 6.07) is 2.61. The smallest absolute Gasteiger partial charge is 0.125 e. The monoisotopic (exact) mass is 252 g/mol. The zero-order chi connectivity index (χ0) is 12.0. The van der Waals surface area contributed by atoms with Crippen LogP contribution in [-0.4, -0.2) is 11.6 Å². The molecule has 1 aliphatic rings. The average Bonchev–Trinajstić information content (AvgIpc) is 2.31. The molecule has 0 fully saturated rings. The molecule has 2 heterocycles. The second-order valence-corrected chi connectivity index (χ2v) is 4.44. The number of rotatable bonds is 0. The highest BCUT2D eigenvalue weighted by Crippen LogP contribution is 2.33. The number of hydrogen-bond acceptors (Lipinski definition) is 3. The molecule has 5 heteroatoms. The molecule has 88 valence electrons. The molecule has 0 aliphatic carbocycles. The Labute approximate surface area is 102 Å². The van der Waals surface area contributed by atoms with Crippen molar-refractivity contribution in [3.8, 4) is 0 Å². The lowest BCUT2D eigenvalue weighted by Gasteiger charge is -2.19. The van der Waals surface area contributed by atoms with Gasteiger partial charge < -0.3 is 10.5 Å². The Balaban J connectivity index is 2.40. The minimum absolute atomic E-state index is 0.293. The van der Waals surface area contributed by atoms with E-state index in [1.54, 1.807) is 0 Å². The molecule has 0 radical (unpaired) electrons. The van der Waals surface area contributed by atoms with Gasteiger partial charge in [-0.05, 0) is 12.1 Å². The summed E-state index contributed by atoms with van der Waals surface area (Å²) < 4.78 is 18.6. The number of nitrogens with two attached hydrogens (primary N) is 1. The molecule has 2 N–H and O–H groups in total. The first-order chi connectivity index (χ1) is 8.16. The van der Waals surface area contributed by atoms with E-state index in [1.807, 2.05) is 0 Å². The van der Waals surface area contributed by atoms with E-state index < -0.39 is 5.82 Å². The third-order valence-corrected chi connectivity index (χ3v) is 3.26. The van der Waals surface area contributed by atoms with Gasteiger partial charge >= 0.3 is 0 Å². The van der Waals surface area contributed by atoms with Crippen molar-refractivity contribution >= 4 is 28.2 Å². The van der Waals surface area contributed by atoms with Gasteiger partial charge in [-0.3, -0.25) is 4.98 Å². The van der Waals surface area contributed by atoms with Crippen molar-refractivity contribution in [3.05, 3.63) is 34.2 Å². The number of nitrogens with zero attached hydrogens (tertiary/aromatic N) is 1. The topological polar surface area (TPSA) is 48.1 Å². The maximum atomic E-state index is 13.3. The lowest BCUT2D eigenvalue weighted by molar-refractivity contribution is 0.110. The third kappa shape index (κ3) is 1.64. The predicted octanol–water partition coefficient (Wildman–Crippen LogP) is 2.68. The van der Waals surface area contributed by atoms with E-state index >= 15 is 0 Å².